The Morgan fingerprint density at radius 1 is 1.79 bits per heavy atom. The fourth-order valence-electron chi connectivity index (χ4n) is 1.18. The van der Waals surface area contributed by atoms with Crippen LogP contribution in [0.3, 0.4) is 0 Å². The molecule has 0 amide bonds. The molecular formula is C9H15N3S2. The van der Waals surface area contributed by atoms with E-state index in [9.17, 15) is 0 Å². The van der Waals surface area contributed by atoms with Crippen molar-refractivity contribution in [3.63, 3.8) is 0 Å². The van der Waals surface area contributed by atoms with Gasteiger partial charge in [0.05, 0.1) is 11.5 Å². The molecule has 0 bridgehead atoms. The van der Waals surface area contributed by atoms with E-state index in [0.29, 0.717) is 4.99 Å². The third-order valence-electron chi connectivity index (χ3n) is 1.96. The summed E-state index contributed by atoms with van der Waals surface area (Å²) in [7, 11) is 2.05. The number of nitrogens with two attached hydrogens (primary N) is 1. The van der Waals surface area contributed by atoms with Gasteiger partial charge in [-0.2, -0.15) is 0 Å². The Kier molecular flexibility index (Phi) is 4.44. The molecule has 0 saturated carbocycles. The van der Waals surface area contributed by atoms with Gasteiger partial charge in [-0.25, -0.2) is 4.98 Å². The van der Waals surface area contributed by atoms with Crippen molar-refractivity contribution in [3.05, 3.63) is 16.6 Å². The molecule has 0 aliphatic heterocycles. The summed E-state index contributed by atoms with van der Waals surface area (Å²) in [6.45, 7) is 3.79. The van der Waals surface area contributed by atoms with Crippen molar-refractivity contribution in [2.45, 2.75) is 13.5 Å². The first-order valence-corrected chi connectivity index (χ1v) is 5.74. The van der Waals surface area contributed by atoms with E-state index >= 15 is 0 Å². The van der Waals surface area contributed by atoms with Gasteiger partial charge in [-0.15, -0.1) is 11.3 Å². The van der Waals surface area contributed by atoms with Crippen LogP contribution in [-0.2, 0) is 6.54 Å². The van der Waals surface area contributed by atoms with Crippen LogP contribution in [0.1, 0.15) is 11.9 Å². The maximum Gasteiger partial charge on any atom is 0.107 e. The molecule has 0 aromatic carbocycles. The summed E-state index contributed by atoms with van der Waals surface area (Å²) >= 11 is 6.59. The van der Waals surface area contributed by atoms with Crippen LogP contribution >= 0.6 is 23.6 Å². The molecule has 0 saturated heterocycles. The van der Waals surface area contributed by atoms with Crippen LogP contribution in [0, 0.1) is 5.92 Å². The van der Waals surface area contributed by atoms with E-state index in [1.54, 1.807) is 11.3 Å². The molecule has 0 aliphatic rings. The zero-order valence-electron chi connectivity index (χ0n) is 8.43. The van der Waals surface area contributed by atoms with Gasteiger partial charge in [0.2, 0.25) is 0 Å². The summed E-state index contributed by atoms with van der Waals surface area (Å²) in [6, 6.07) is 0. The van der Waals surface area contributed by atoms with E-state index in [1.165, 1.54) is 0 Å². The highest BCUT2D eigenvalue weighted by Gasteiger charge is 2.09. The fraction of sp³-hybridized carbons (Fsp3) is 0.556. The molecule has 0 spiro atoms. The normalized spacial score (nSPS) is 13.1. The van der Waals surface area contributed by atoms with Crippen molar-refractivity contribution < 1.29 is 0 Å². The molecule has 0 fully saturated rings. The van der Waals surface area contributed by atoms with Crippen molar-refractivity contribution in [3.8, 4) is 0 Å². The molecule has 14 heavy (non-hydrogen) atoms. The maximum atomic E-state index is 5.55. The van der Waals surface area contributed by atoms with Crippen molar-refractivity contribution in [1.29, 1.82) is 0 Å². The molecule has 3 nitrogen and oxygen atoms in total. The van der Waals surface area contributed by atoms with E-state index in [0.717, 1.165) is 18.1 Å². The number of hydrogen-bond acceptors (Lipinski definition) is 4. The number of hydrogen-bond donors (Lipinski definition) is 1. The lowest BCUT2D eigenvalue weighted by atomic mass is 10.2. The smallest absolute Gasteiger partial charge is 0.107 e. The third kappa shape index (κ3) is 3.69. The van der Waals surface area contributed by atoms with Gasteiger partial charge in [0.1, 0.15) is 5.01 Å². The predicted octanol–water partition coefficient (Wildman–Crippen LogP) is 1.50. The van der Waals surface area contributed by atoms with Gasteiger partial charge < -0.3 is 5.73 Å². The molecule has 78 valence electrons. The van der Waals surface area contributed by atoms with Crippen LogP contribution in [-0.4, -0.2) is 28.5 Å². The van der Waals surface area contributed by atoms with Crippen LogP contribution in [0.15, 0.2) is 11.6 Å². The zero-order chi connectivity index (χ0) is 10.6. The molecular weight excluding hydrogens is 214 g/mol. The third-order valence-corrected chi connectivity index (χ3v) is 3.13. The Hall–Kier alpha value is -0.520. The Labute approximate surface area is 93.9 Å². The summed E-state index contributed by atoms with van der Waals surface area (Å²) in [6.07, 6.45) is 1.82. The Morgan fingerprint density at radius 2 is 2.50 bits per heavy atom. The second kappa shape index (κ2) is 5.38. The first-order valence-electron chi connectivity index (χ1n) is 4.46. The van der Waals surface area contributed by atoms with Gasteiger partial charge in [0.25, 0.3) is 0 Å². The Bertz CT molecular complexity index is 284. The van der Waals surface area contributed by atoms with Gasteiger partial charge in [0.15, 0.2) is 0 Å². The minimum atomic E-state index is 0.259. The summed E-state index contributed by atoms with van der Waals surface area (Å²) in [4.78, 5) is 6.98. The molecule has 1 unspecified atom stereocenters. The summed E-state index contributed by atoms with van der Waals surface area (Å²) in [5.74, 6) is 0.259. The van der Waals surface area contributed by atoms with Gasteiger partial charge in [-0.1, -0.05) is 19.1 Å². The standard InChI is InChI=1S/C9H15N3S2/c1-7(9(10)13)5-12(2)6-8-11-3-4-14-8/h3-4,7H,5-6H2,1-2H3,(H2,10,13). The van der Waals surface area contributed by atoms with E-state index in [2.05, 4.69) is 16.9 Å². The van der Waals surface area contributed by atoms with E-state index in [4.69, 9.17) is 18.0 Å². The number of nitrogens with zero attached hydrogens (tertiary/aromatic N) is 2. The largest absolute Gasteiger partial charge is 0.393 e. The van der Waals surface area contributed by atoms with Crippen LogP contribution < -0.4 is 5.73 Å². The van der Waals surface area contributed by atoms with Gasteiger partial charge in [0, 0.05) is 24.0 Å². The molecule has 1 heterocycles. The van der Waals surface area contributed by atoms with Gasteiger partial charge in [-0.3, -0.25) is 4.90 Å². The maximum absolute atomic E-state index is 5.55. The van der Waals surface area contributed by atoms with Crippen molar-refractivity contribution >= 4 is 28.5 Å². The number of thiazole rings is 1. The van der Waals surface area contributed by atoms with Crippen LogP contribution in [0.5, 0.6) is 0 Å². The van der Waals surface area contributed by atoms with E-state index < -0.39 is 0 Å². The predicted molar refractivity (Wildman–Crippen MR) is 64.4 cm³/mol. The molecule has 1 aromatic rings. The Balaban J connectivity index is 2.36. The van der Waals surface area contributed by atoms with E-state index in [-0.39, 0.29) is 5.92 Å². The highest BCUT2D eigenvalue weighted by molar-refractivity contribution is 7.80. The highest BCUT2D eigenvalue weighted by Crippen LogP contribution is 2.08. The van der Waals surface area contributed by atoms with Crippen molar-refractivity contribution in [2.75, 3.05) is 13.6 Å². The van der Waals surface area contributed by atoms with Crippen LogP contribution in [0.2, 0.25) is 0 Å². The average molecular weight is 229 g/mol. The lowest BCUT2D eigenvalue weighted by Crippen LogP contribution is -2.31. The Morgan fingerprint density at radius 3 is 3.00 bits per heavy atom. The number of aromatic nitrogens is 1. The fourth-order valence-corrected chi connectivity index (χ4v) is 1.95. The number of rotatable bonds is 5. The average Bonchev–Trinajstić information content (AvgIpc) is 2.56. The quantitative estimate of drug-likeness (QED) is 0.777. The highest BCUT2D eigenvalue weighted by atomic mass is 32.1. The molecule has 2 N–H and O–H groups in total. The van der Waals surface area contributed by atoms with Crippen LogP contribution in [0.25, 0.3) is 0 Å². The second-order valence-electron chi connectivity index (χ2n) is 3.43. The zero-order valence-corrected chi connectivity index (χ0v) is 10.1. The van der Waals surface area contributed by atoms with Gasteiger partial charge in [-0.05, 0) is 7.05 Å². The van der Waals surface area contributed by atoms with E-state index in [1.807, 2.05) is 18.5 Å². The monoisotopic (exact) mass is 229 g/mol. The minimum Gasteiger partial charge on any atom is -0.393 e. The number of thiocarbonyl (C=S) groups is 1. The molecule has 1 aromatic heterocycles. The molecule has 0 aliphatic carbocycles. The van der Waals surface area contributed by atoms with Crippen molar-refractivity contribution in [1.82, 2.24) is 9.88 Å². The first-order chi connectivity index (χ1) is 6.59. The lowest BCUT2D eigenvalue weighted by Gasteiger charge is -2.19. The summed E-state index contributed by atoms with van der Waals surface area (Å²) < 4.78 is 0. The van der Waals surface area contributed by atoms with Gasteiger partial charge >= 0.3 is 0 Å². The molecule has 1 rings (SSSR count). The lowest BCUT2D eigenvalue weighted by molar-refractivity contribution is 0.307. The van der Waals surface area contributed by atoms with Crippen molar-refractivity contribution in [2.24, 2.45) is 11.7 Å². The molecule has 5 heteroatoms. The minimum absolute atomic E-state index is 0.259. The first kappa shape index (κ1) is 11.6. The van der Waals surface area contributed by atoms with Crippen LogP contribution in [0.4, 0.5) is 0 Å². The summed E-state index contributed by atoms with van der Waals surface area (Å²) in [5.41, 5.74) is 5.55. The summed E-state index contributed by atoms with van der Waals surface area (Å²) in [5, 5.41) is 3.11. The molecule has 0 radical (unpaired) electrons. The topological polar surface area (TPSA) is 42.2 Å². The SMILES string of the molecule is CC(CN(C)Cc1nccs1)C(N)=S. The second-order valence-corrected chi connectivity index (χ2v) is 4.88. The molecule has 1 atom stereocenters.